The molecule has 1 aliphatic heterocycles. The number of oxime groups is 1. The highest BCUT2D eigenvalue weighted by molar-refractivity contribution is 5.84. The number of hydrogen-bond donors (Lipinski definition) is 2. The van der Waals surface area contributed by atoms with E-state index in [1.54, 1.807) is 0 Å². The van der Waals surface area contributed by atoms with Gasteiger partial charge in [-0.05, 0) is 32.7 Å². The number of nitrogens with two attached hydrogens (primary N) is 1. The third kappa shape index (κ3) is 2.38. The minimum absolute atomic E-state index is 0.0604. The third-order valence-corrected chi connectivity index (χ3v) is 3.18. The van der Waals surface area contributed by atoms with Gasteiger partial charge < -0.3 is 10.9 Å². The Balaban J connectivity index is 2.63. The van der Waals surface area contributed by atoms with Crippen molar-refractivity contribution in [1.29, 1.82) is 0 Å². The van der Waals surface area contributed by atoms with E-state index in [2.05, 4.69) is 17.0 Å². The number of hydrogen-bond acceptors (Lipinski definition) is 3. The molecule has 2 unspecified atom stereocenters. The second-order valence-corrected chi connectivity index (χ2v) is 4.00. The second-order valence-electron chi connectivity index (χ2n) is 4.00. The molecule has 82 valence electrons. The summed E-state index contributed by atoms with van der Waals surface area (Å²) < 4.78 is 0. The van der Waals surface area contributed by atoms with Gasteiger partial charge in [0, 0.05) is 6.04 Å². The monoisotopic (exact) mass is 199 g/mol. The van der Waals surface area contributed by atoms with Crippen molar-refractivity contribution in [3.63, 3.8) is 0 Å². The predicted molar refractivity (Wildman–Crippen MR) is 57.5 cm³/mol. The Morgan fingerprint density at radius 2 is 2.36 bits per heavy atom. The molecule has 1 heterocycles. The Hall–Kier alpha value is -0.770. The molecule has 14 heavy (non-hydrogen) atoms. The fraction of sp³-hybridized carbons (Fsp3) is 0.900. The molecule has 0 amide bonds. The van der Waals surface area contributed by atoms with Crippen LogP contribution in [0.1, 0.15) is 39.5 Å². The smallest absolute Gasteiger partial charge is 0.156 e. The van der Waals surface area contributed by atoms with Gasteiger partial charge in [0.25, 0.3) is 0 Å². The van der Waals surface area contributed by atoms with E-state index in [9.17, 15) is 0 Å². The molecular formula is C10H21N3O. The molecule has 0 radical (unpaired) electrons. The van der Waals surface area contributed by atoms with Crippen LogP contribution in [-0.2, 0) is 0 Å². The molecule has 0 aromatic carbocycles. The first-order valence-corrected chi connectivity index (χ1v) is 5.43. The maximum absolute atomic E-state index is 8.63. The molecule has 1 aliphatic rings. The van der Waals surface area contributed by atoms with Gasteiger partial charge in [0.05, 0.1) is 6.04 Å². The average molecular weight is 199 g/mol. The van der Waals surface area contributed by atoms with Crippen molar-refractivity contribution < 1.29 is 5.21 Å². The van der Waals surface area contributed by atoms with E-state index in [1.165, 1.54) is 19.3 Å². The summed E-state index contributed by atoms with van der Waals surface area (Å²) in [6, 6.07) is 0.657. The lowest BCUT2D eigenvalue weighted by atomic mass is 9.98. The van der Waals surface area contributed by atoms with Crippen molar-refractivity contribution in [1.82, 2.24) is 4.90 Å². The fourth-order valence-corrected chi connectivity index (χ4v) is 2.22. The van der Waals surface area contributed by atoms with Gasteiger partial charge in [0.15, 0.2) is 5.84 Å². The number of rotatable bonds is 3. The summed E-state index contributed by atoms with van der Waals surface area (Å²) in [5, 5.41) is 11.7. The SMILES string of the molecule is CCC1CCCCN1C(C)C(N)=NO. The van der Waals surface area contributed by atoms with Gasteiger partial charge in [-0.2, -0.15) is 0 Å². The van der Waals surface area contributed by atoms with Gasteiger partial charge in [0.2, 0.25) is 0 Å². The van der Waals surface area contributed by atoms with Crippen LogP contribution in [0.4, 0.5) is 0 Å². The Bertz CT molecular complexity index is 206. The first kappa shape index (κ1) is 11.3. The third-order valence-electron chi connectivity index (χ3n) is 3.18. The van der Waals surface area contributed by atoms with E-state index in [4.69, 9.17) is 10.9 Å². The molecule has 2 atom stereocenters. The van der Waals surface area contributed by atoms with Crippen LogP contribution in [0.25, 0.3) is 0 Å². The molecule has 0 aromatic rings. The minimum Gasteiger partial charge on any atom is -0.409 e. The number of piperidine rings is 1. The van der Waals surface area contributed by atoms with Crippen LogP contribution in [0.15, 0.2) is 5.16 Å². The largest absolute Gasteiger partial charge is 0.409 e. The maximum atomic E-state index is 8.63. The average Bonchev–Trinajstić information content (AvgIpc) is 2.26. The summed E-state index contributed by atoms with van der Waals surface area (Å²) >= 11 is 0. The zero-order valence-corrected chi connectivity index (χ0v) is 9.11. The Morgan fingerprint density at radius 3 is 2.93 bits per heavy atom. The molecule has 4 nitrogen and oxygen atoms in total. The highest BCUT2D eigenvalue weighted by Crippen LogP contribution is 2.21. The van der Waals surface area contributed by atoms with E-state index in [1.807, 2.05) is 6.92 Å². The standard InChI is InChI=1S/C10H21N3O/c1-3-9-6-4-5-7-13(9)8(2)10(11)12-14/h8-9,14H,3-7H2,1-2H3,(H2,11,12). The molecule has 1 fully saturated rings. The summed E-state index contributed by atoms with van der Waals surface area (Å²) in [5.74, 6) is 0.324. The van der Waals surface area contributed by atoms with Gasteiger partial charge in [-0.25, -0.2) is 0 Å². The molecule has 0 saturated carbocycles. The van der Waals surface area contributed by atoms with Crippen LogP contribution >= 0.6 is 0 Å². The topological polar surface area (TPSA) is 61.8 Å². The van der Waals surface area contributed by atoms with E-state index in [-0.39, 0.29) is 6.04 Å². The molecule has 0 aromatic heterocycles. The van der Waals surface area contributed by atoms with Crippen molar-refractivity contribution in [3.8, 4) is 0 Å². The predicted octanol–water partition coefficient (Wildman–Crippen LogP) is 1.39. The van der Waals surface area contributed by atoms with Crippen molar-refractivity contribution >= 4 is 5.84 Å². The van der Waals surface area contributed by atoms with E-state index in [0.29, 0.717) is 11.9 Å². The van der Waals surface area contributed by atoms with Gasteiger partial charge in [-0.1, -0.05) is 18.5 Å². The highest BCUT2D eigenvalue weighted by Gasteiger charge is 2.27. The Kier molecular flexibility index (Phi) is 4.20. The molecular weight excluding hydrogens is 178 g/mol. The molecule has 0 aliphatic carbocycles. The first-order valence-electron chi connectivity index (χ1n) is 5.43. The normalized spacial score (nSPS) is 27.6. The summed E-state index contributed by atoms with van der Waals surface area (Å²) in [6.45, 7) is 5.26. The summed E-state index contributed by atoms with van der Waals surface area (Å²) in [4.78, 5) is 2.35. The second kappa shape index (κ2) is 5.20. The van der Waals surface area contributed by atoms with E-state index < -0.39 is 0 Å². The molecule has 1 saturated heterocycles. The number of likely N-dealkylation sites (tertiary alicyclic amines) is 1. The maximum Gasteiger partial charge on any atom is 0.156 e. The quantitative estimate of drug-likeness (QED) is 0.312. The lowest BCUT2D eigenvalue weighted by Gasteiger charge is -2.38. The van der Waals surface area contributed by atoms with Crippen LogP contribution < -0.4 is 5.73 Å². The van der Waals surface area contributed by atoms with Gasteiger partial charge >= 0.3 is 0 Å². The zero-order chi connectivity index (χ0) is 10.6. The van der Waals surface area contributed by atoms with E-state index >= 15 is 0 Å². The molecule has 3 N–H and O–H groups in total. The van der Waals surface area contributed by atoms with Gasteiger partial charge in [-0.15, -0.1) is 0 Å². The summed E-state index contributed by atoms with van der Waals surface area (Å²) in [6.07, 6.45) is 4.90. The first-order chi connectivity index (χ1) is 6.70. The van der Waals surface area contributed by atoms with Gasteiger partial charge in [0.1, 0.15) is 0 Å². The van der Waals surface area contributed by atoms with Crippen molar-refractivity contribution in [2.45, 2.75) is 51.6 Å². The van der Waals surface area contributed by atoms with Crippen molar-refractivity contribution in [2.75, 3.05) is 6.54 Å². The summed E-state index contributed by atoms with van der Waals surface area (Å²) in [7, 11) is 0. The lowest BCUT2D eigenvalue weighted by Crippen LogP contribution is -2.50. The van der Waals surface area contributed by atoms with Crippen LogP contribution in [-0.4, -0.2) is 34.6 Å². The molecule has 4 heteroatoms. The molecule has 0 bridgehead atoms. The fourth-order valence-electron chi connectivity index (χ4n) is 2.22. The van der Waals surface area contributed by atoms with Crippen LogP contribution in [0.2, 0.25) is 0 Å². The minimum atomic E-state index is 0.0604. The van der Waals surface area contributed by atoms with Crippen LogP contribution in [0, 0.1) is 0 Å². The van der Waals surface area contributed by atoms with E-state index in [0.717, 1.165) is 13.0 Å². The number of nitrogens with zero attached hydrogens (tertiary/aromatic N) is 2. The molecule has 0 spiro atoms. The Labute approximate surface area is 85.8 Å². The van der Waals surface area contributed by atoms with Crippen molar-refractivity contribution in [2.24, 2.45) is 10.9 Å². The Morgan fingerprint density at radius 1 is 1.64 bits per heavy atom. The molecule has 1 rings (SSSR count). The van der Waals surface area contributed by atoms with Crippen LogP contribution in [0.3, 0.4) is 0 Å². The summed E-state index contributed by atoms with van der Waals surface area (Å²) in [5.41, 5.74) is 5.62. The van der Waals surface area contributed by atoms with Gasteiger partial charge in [-0.3, -0.25) is 4.90 Å². The zero-order valence-electron chi connectivity index (χ0n) is 9.11. The van der Waals surface area contributed by atoms with Crippen molar-refractivity contribution in [3.05, 3.63) is 0 Å². The lowest BCUT2D eigenvalue weighted by molar-refractivity contribution is 0.126. The number of amidine groups is 1. The van der Waals surface area contributed by atoms with Crippen LogP contribution in [0.5, 0.6) is 0 Å². The highest BCUT2D eigenvalue weighted by atomic mass is 16.4.